The molecule has 2 nitrogen and oxygen atoms in total. The predicted molar refractivity (Wildman–Crippen MR) is 109 cm³/mol. The van der Waals surface area contributed by atoms with Crippen molar-refractivity contribution in [2.75, 3.05) is 12.3 Å². The molecule has 0 aliphatic heterocycles. The summed E-state index contributed by atoms with van der Waals surface area (Å²) in [5.74, 6) is 0.714. The Labute approximate surface area is 152 Å². The van der Waals surface area contributed by atoms with Gasteiger partial charge in [-0.05, 0) is 67.9 Å². The highest BCUT2D eigenvalue weighted by molar-refractivity contribution is 6.00. The largest absolute Gasteiger partial charge is 0.399 e. The first kappa shape index (κ1) is 17.7. The zero-order valence-electron chi connectivity index (χ0n) is 15.6. The van der Waals surface area contributed by atoms with Crippen molar-refractivity contribution in [3.05, 3.63) is 64.7 Å². The second-order valence-electron chi connectivity index (χ2n) is 7.38. The monoisotopic (exact) mass is 334 g/mol. The van der Waals surface area contributed by atoms with E-state index in [1.807, 2.05) is 12.1 Å². The fourth-order valence-electron chi connectivity index (χ4n) is 3.89. The van der Waals surface area contributed by atoms with E-state index in [0.717, 1.165) is 18.7 Å². The van der Waals surface area contributed by atoms with E-state index in [2.05, 4.69) is 44.2 Å². The molecule has 0 heterocycles. The summed E-state index contributed by atoms with van der Waals surface area (Å²) in [6.07, 6.45) is 7.75. The molecule has 1 aliphatic rings. The van der Waals surface area contributed by atoms with Crippen LogP contribution in [0.15, 0.2) is 47.5 Å². The summed E-state index contributed by atoms with van der Waals surface area (Å²) in [5.41, 5.74) is 13.3. The van der Waals surface area contributed by atoms with E-state index < -0.39 is 0 Å². The van der Waals surface area contributed by atoms with Gasteiger partial charge in [0, 0.05) is 17.9 Å². The van der Waals surface area contributed by atoms with Crippen molar-refractivity contribution in [3.63, 3.8) is 0 Å². The van der Waals surface area contributed by atoms with Gasteiger partial charge in [0.25, 0.3) is 0 Å². The van der Waals surface area contributed by atoms with E-state index in [4.69, 9.17) is 10.7 Å². The number of nitrogens with zero attached hydrogens (tertiary/aromatic N) is 1. The third kappa shape index (κ3) is 4.72. The van der Waals surface area contributed by atoms with Crippen molar-refractivity contribution in [2.45, 2.75) is 58.3 Å². The molecule has 1 saturated carbocycles. The van der Waals surface area contributed by atoms with E-state index >= 15 is 0 Å². The Balaban J connectivity index is 1.74. The van der Waals surface area contributed by atoms with Gasteiger partial charge in [-0.25, -0.2) is 0 Å². The highest BCUT2D eigenvalue weighted by Gasteiger charge is 2.19. The van der Waals surface area contributed by atoms with Crippen molar-refractivity contribution in [1.82, 2.24) is 0 Å². The summed E-state index contributed by atoms with van der Waals surface area (Å²) in [7, 11) is 0. The topological polar surface area (TPSA) is 38.4 Å². The zero-order valence-corrected chi connectivity index (χ0v) is 15.6. The van der Waals surface area contributed by atoms with Gasteiger partial charge < -0.3 is 5.73 Å². The number of anilines is 1. The minimum Gasteiger partial charge on any atom is -0.399 e. The normalized spacial score (nSPS) is 16.2. The second kappa shape index (κ2) is 8.33. The van der Waals surface area contributed by atoms with Crippen molar-refractivity contribution in [2.24, 2.45) is 4.99 Å². The van der Waals surface area contributed by atoms with Gasteiger partial charge in [0.05, 0.1) is 0 Å². The van der Waals surface area contributed by atoms with Crippen LogP contribution < -0.4 is 5.73 Å². The van der Waals surface area contributed by atoms with E-state index in [-0.39, 0.29) is 0 Å². The molecular weight excluding hydrogens is 304 g/mol. The van der Waals surface area contributed by atoms with Crippen LogP contribution in [-0.4, -0.2) is 12.3 Å². The Hall–Kier alpha value is -2.09. The summed E-state index contributed by atoms with van der Waals surface area (Å²) in [5, 5.41) is 0. The summed E-state index contributed by atoms with van der Waals surface area (Å²) in [4.78, 5) is 4.88. The molecule has 2 heteroatoms. The molecule has 1 fully saturated rings. The average Bonchev–Trinajstić information content (AvgIpc) is 2.64. The first-order chi connectivity index (χ1) is 12.1. The second-order valence-corrected chi connectivity index (χ2v) is 7.38. The molecule has 2 N–H and O–H groups in total. The Morgan fingerprint density at radius 3 is 2.48 bits per heavy atom. The van der Waals surface area contributed by atoms with Gasteiger partial charge in [-0.1, -0.05) is 55.2 Å². The molecule has 3 rings (SSSR count). The highest BCUT2D eigenvalue weighted by Crippen LogP contribution is 2.35. The Morgan fingerprint density at radius 2 is 1.76 bits per heavy atom. The van der Waals surface area contributed by atoms with Crippen molar-refractivity contribution in [3.8, 4) is 0 Å². The number of rotatable bonds is 5. The maximum absolute atomic E-state index is 5.75. The number of aryl methyl sites for hydroxylation is 1. The average molecular weight is 335 g/mol. The SMILES string of the molecule is CC(=NCCc1ccc(N)cc1)c1ccc(C)cc1C1CCCCC1. The lowest BCUT2D eigenvalue weighted by Crippen LogP contribution is -2.11. The van der Waals surface area contributed by atoms with E-state index in [0.29, 0.717) is 5.92 Å². The molecule has 1 aliphatic carbocycles. The molecule has 0 atom stereocenters. The van der Waals surface area contributed by atoms with Crippen LogP contribution in [0.4, 0.5) is 5.69 Å². The molecular formula is C23H30N2. The minimum atomic E-state index is 0.714. The van der Waals surface area contributed by atoms with E-state index in [1.54, 1.807) is 0 Å². The number of hydrogen-bond donors (Lipinski definition) is 1. The smallest absolute Gasteiger partial charge is 0.0433 e. The van der Waals surface area contributed by atoms with E-state index in [1.165, 1.54) is 60.1 Å². The molecule has 132 valence electrons. The maximum atomic E-state index is 5.75. The van der Waals surface area contributed by atoms with Crippen molar-refractivity contribution in [1.29, 1.82) is 0 Å². The summed E-state index contributed by atoms with van der Waals surface area (Å²) in [6.45, 7) is 5.19. The van der Waals surface area contributed by atoms with Gasteiger partial charge in [0.15, 0.2) is 0 Å². The van der Waals surface area contributed by atoms with Crippen LogP contribution in [0.2, 0.25) is 0 Å². The molecule has 2 aromatic rings. The molecule has 0 amide bonds. The van der Waals surface area contributed by atoms with Crippen LogP contribution in [0.1, 0.15) is 67.2 Å². The molecule has 25 heavy (non-hydrogen) atoms. The van der Waals surface area contributed by atoms with Crippen molar-refractivity contribution < 1.29 is 0 Å². The lowest BCUT2D eigenvalue weighted by Gasteiger charge is -2.25. The van der Waals surface area contributed by atoms with Gasteiger partial charge in [-0.15, -0.1) is 0 Å². The summed E-state index contributed by atoms with van der Waals surface area (Å²) < 4.78 is 0. The number of benzene rings is 2. The molecule has 0 bridgehead atoms. The van der Waals surface area contributed by atoms with Gasteiger partial charge in [-0.2, -0.15) is 0 Å². The Morgan fingerprint density at radius 1 is 1.04 bits per heavy atom. The maximum Gasteiger partial charge on any atom is 0.0433 e. The molecule has 0 spiro atoms. The first-order valence-corrected chi connectivity index (χ1v) is 9.60. The Bertz CT molecular complexity index is 722. The lowest BCUT2D eigenvalue weighted by molar-refractivity contribution is 0.443. The standard InChI is InChI=1S/C23H30N2/c1-17-8-13-22(23(16-17)20-6-4-3-5-7-20)18(2)25-15-14-19-9-11-21(24)12-10-19/h8-13,16,20H,3-7,14-15,24H2,1-2H3. The van der Waals surface area contributed by atoms with Gasteiger partial charge in [0.1, 0.15) is 0 Å². The fraction of sp³-hybridized carbons (Fsp3) is 0.435. The molecule has 0 aromatic heterocycles. The lowest BCUT2D eigenvalue weighted by atomic mass is 9.81. The number of nitrogen functional groups attached to an aromatic ring is 1. The quantitative estimate of drug-likeness (QED) is 0.554. The Kier molecular flexibility index (Phi) is 5.91. The van der Waals surface area contributed by atoms with Gasteiger partial charge in [0.2, 0.25) is 0 Å². The van der Waals surface area contributed by atoms with Crippen LogP contribution >= 0.6 is 0 Å². The number of aliphatic imine (C=N–C) groups is 1. The van der Waals surface area contributed by atoms with Crippen LogP contribution in [0.3, 0.4) is 0 Å². The van der Waals surface area contributed by atoms with Crippen LogP contribution in [0.25, 0.3) is 0 Å². The molecule has 2 aromatic carbocycles. The number of nitrogens with two attached hydrogens (primary N) is 1. The molecule has 0 radical (unpaired) electrons. The summed E-state index contributed by atoms with van der Waals surface area (Å²) in [6, 6.07) is 15.0. The summed E-state index contributed by atoms with van der Waals surface area (Å²) >= 11 is 0. The zero-order chi connectivity index (χ0) is 17.6. The van der Waals surface area contributed by atoms with Crippen LogP contribution in [0.5, 0.6) is 0 Å². The van der Waals surface area contributed by atoms with Gasteiger partial charge >= 0.3 is 0 Å². The fourth-order valence-corrected chi connectivity index (χ4v) is 3.89. The van der Waals surface area contributed by atoms with Gasteiger partial charge in [-0.3, -0.25) is 4.99 Å². The highest BCUT2D eigenvalue weighted by atomic mass is 14.7. The first-order valence-electron chi connectivity index (χ1n) is 9.60. The third-order valence-electron chi connectivity index (χ3n) is 5.37. The minimum absolute atomic E-state index is 0.714. The third-order valence-corrected chi connectivity index (χ3v) is 5.37. The van der Waals surface area contributed by atoms with Crippen LogP contribution in [0, 0.1) is 6.92 Å². The van der Waals surface area contributed by atoms with E-state index in [9.17, 15) is 0 Å². The molecule has 0 saturated heterocycles. The number of hydrogen-bond acceptors (Lipinski definition) is 2. The van der Waals surface area contributed by atoms with Crippen LogP contribution in [-0.2, 0) is 6.42 Å². The molecule has 0 unspecified atom stereocenters. The van der Waals surface area contributed by atoms with Crippen molar-refractivity contribution >= 4 is 11.4 Å². The predicted octanol–water partition coefficient (Wildman–Crippen LogP) is 5.68.